The summed E-state index contributed by atoms with van der Waals surface area (Å²) in [5, 5.41) is 0. The summed E-state index contributed by atoms with van der Waals surface area (Å²) in [6.45, 7) is 1.57. The molecule has 3 nitrogen and oxygen atoms in total. The SMILES string of the molecule is CC(=O)C1=CNNc2ccccc21. The molecule has 1 heterocycles. The number of Topliss-reactive ketones (excluding diaryl/α,β-unsaturated/α-hetero) is 1. The van der Waals surface area contributed by atoms with Crippen LogP contribution < -0.4 is 10.9 Å². The fourth-order valence-electron chi connectivity index (χ4n) is 1.38. The second-order valence-electron chi connectivity index (χ2n) is 2.93. The van der Waals surface area contributed by atoms with Gasteiger partial charge in [0.2, 0.25) is 0 Å². The van der Waals surface area contributed by atoms with Gasteiger partial charge >= 0.3 is 0 Å². The maximum Gasteiger partial charge on any atom is 0.162 e. The van der Waals surface area contributed by atoms with Crippen molar-refractivity contribution in [2.45, 2.75) is 6.92 Å². The van der Waals surface area contributed by atoms with Gasteiger partial charge in [-0.15, -0.1) is 0 Å². The standard InChI is InChI=1S/C10H10N2O/c1-7(13)9-6-11-12-10-5-3-2-4-8(9)10/h2-6,11-12H,1H3. The van der Waals surface area contributed by atoms with Crippen LogP contribution in [-0.4, -0.2) is 5.78 Å². The van der Waals surface area contributed by atoms with Gasteiger partial charge < -0.3 is 10.9 Å². The van der Waals surface area contributed by atoms with Gasteiger partial charge in [0.15, 0.2) is 5.78 Å². The summed E-state index contributed by atoms with van der Waals surface area (Å²) in [5.74, 6) is 0.0708. The topological polar surface area (TPSA) is 41.1 Å². The molecule has 66 valence electrons. The molecule has 2 N–H and O–H groups in total. The molecule has 0 fully saturated rings. The number of para-hydroxylation sites is 1. The lowest BCUT2D eigenvalue weighted by Gasteiger charge is -2.18. The maximum atomic E-state index is 11.2. The Hall–Kier alpha value is -1.77. The van der Waals surface area contributed by atoms with Crippen molar-refractivity contribution in [3.05, 3.63) is 36.0 Å². The number of hydrazine groups is 1. The van der Waals surface area contributed by atoms with E-state index >= 15 is 0 Å². The van der Waals surface area contributed by atoms with E-state index in [4.69, 9.17) is 0 Å². The predicted octanol–water partition coefficient (Wildman–Crippen LogP) is 1.55. The van der Waals surface area contributed by atoms with Crippen molar-refractivity contribution in [2.24, 2.45) is 0 Å². The summed E-state index contributed by atoms with van der Waals surface area (Å²) in [7, 11) is 0. The number of allylic oxidation sites excluding steroid dienone is 1. The van der Waals surface area contributed by atoms with Crippen molar-refractivity contribution < 1.29 is 4.79 Å². The quantitative estimate of drug-likeness (QED) is 0.678. The Kier molecular flexibility index (Phi) is 1.77. The monoisotopic (exact) mass is 174 g/mol. The summed E-state index contributed by atoms with van der Waals surface area (Å²) in [5.41, 5.74) is 8.42. The fourth-order valence-corrected chi connectivity index (χ4v) is 1.38. The summed E-state index contributed by atoms with van der Waals surface area (Å²) >= 11 is 0. The minimum absolute atomic E-state index is 0.0708. The molecule has 0 saturated heterocycles. The second kappa shape index (κ2) is 2.94. The van der Waals surface area contributed by atoms with Crippen molar-refractivity contribution in [2.75, 3.05) is 5.43 Å². The van der Waals surface area contributed by atoms with E-state index < -0.39 is 0 Å². The molecule has 1 aromatic rings. The number of carbonyl (C=O) groups is 1. The van der Waals surface area contributed by atoms with Gasteiger partial charge in [-0.25, -0.2) is 0 Å². The zero-order valence-corrected chi connectivity index (χ0v) is 7.29. The first-order chi connectivity index (χ1) is 6.29. The predicted molar refractivity (Wildman–Crippen MR) is 51.9 cm³/mol. The molecule has 0 atom stereocenters. The van der Waals surface area contributed by atoms with Crippen molar-refractivity contribution in [1.82, 2.24) is 5.43 Å². The van der Waals surface area contributed by atoms with E-state index in [9.17, 15) is 4.79 Å². The highest BCUT2D eigenvalue weighted by atomic mass is 16.1. The van der Waals surface area contributed by atoms with E-state index in [1.807, 2.05) is 24.3 Å². The van der Waals surface area contributed by atoms with Crippen molar-refractivity contribution in [3.8, 4) is 0 Å². The van der Waals surface area contributed by atoms with E-state index in [2.05, 4.69) is 10.9 Å². The van der Waals surface area contributed by atoms with E-state index in [0.29, 0.717) is 5.57 Å². The molecule has 0 amide bonds. The van der Waals surface area contributed by atoms with Gasteiger partial charge in [-0.1, -0.05) is 18.2 Å². The maximum absolute atomic E-state index is 11.2. The second-order valence-corrected chi connectivity index (χ2v) is 2.93. The molecule has 1 aliphatic heterocycles. The first-order valence-electron chi connectivity index (χ1n) is 4.11. The van der Waals surface area contributed by atoms with Gasteiger partial charge in [0.1, 0.15) is 0 Å². The Morgan fingerprint density at radius 2 is 2.08 bits per heavy atom. The lowest BCUT2D eigenvalue weighted by atomic mass is 10.0. The van der Waals surface area contributed by atoms with Crippen molar-refractivity contribution >= 4 is 17.0 Å². The summed E-state index contributed by atoms with van der Waals surface area (Å²) in [6, 6.07) is 7.70. The van der Waals surface area contributed by atoms with Gasteiger partial charge in [-0.3, -0.25) is 4.79 Å². The molecule has 0 unspecified atom stereocenters. The lowest BCUT2D eigenvalue weighted by Crippen LogP contribution is -2.22. The first-order valence-corrected chi connectivity index (χ1v) is 4.11. The van der Waals surface area contributed by atoms with Crippen molar-refractivity contribution in [1.29, 1.82) is 0 Å². The smallest absolute Gasteiger partial charge is 0.162 e. The molecule has 1 aliphatic rings. The number of fused-ring (bicyclic) bond motifs is 1. The summed E-state index contributed by atoms with van der Waals surface area (Å²) in [4.78, 5) is 11.2. The van der Waals surface area contributed by atoms with Gasteiger partial charge in [0.05, 0.1) is 5.69 Å². The Bertz CT molecular complexity index is 382. The van der Waals surface area contributed by atoms with E-state index in [1.165, 1.54) is 0 Å². The minimum atomic E-state index is 0.0708. The van der Waals surface area contributed by atoms with Crippen LogP contribution >= 0.6 is 0 Å². The summed E-state index contributed by atoms with van der Waals surface area (Å²) < 4.78 is 0. The highest BCUT2D eigenvalue weighted by molar-refractivity contribution is 6.21. The molecule has 0 radical (unpaired) electrons. The molecule has 2 rings (SSSR count). The molecule has 1 aromatic carbocycles. The van der Waals surface area contributed by atoms with Crippen LogP contribution in [0.25, 0.3) is 5.57 Å². The van der Waals surface area contributed by atoms with Crippen LogP contribution in [0.2, 0.25) is 0 Å². The molecule has 3 heteroatoms. The fraction of sp³-hybridized carbons (Fsp3) is 0.100. The molecule has 13 heavy (non-hydrogen) atoms. The zero-order valence-electron chi connectivity index (χ0n) is 7.29. The van der Waals surface area contributed by atoms with Crippen LogP contribution in [0.5, 0.6) is 0 Å². The van der Waals surface area contributed by atoms with Gasteiger partial charge in [-0.05, 0) is 13.0 Å². The van der Waals surface area contributed by atoms with Gasteiger partial charge in [0.25, 0.3) is 0 Å². The largest absolute Gasteiger partial charge is 0.307 e. The minimum Gasteiger partial charge on any atom is -0.307 e. The van der Waals surface area contributed by atoms with Crippen molar-refractivity contribution in [3.63, 3.8) is 0 Å². The van der Waals surface area contributed by atoms with Crippen LogP contribution in [0.1, 0.15) is 12.5 Å². The zero-order chi connectivity index (χ0) is 9.26. The van der Waals surface area contributed by atoms with Gasteiger partial charge in [-0.2, -0.15) is 0 Å². The Labute approximate surface area is 76.4 Å². The average molecular weight is 174 g/mol. The highest BCUT2D eigenvalue weighted by Gasteiger charge is 2.14. The van der Waals surface area contributed by atoms with Crippen LogP contribution in [-0.2, 0) is 4.79 Å². The third kappa shape index (κ3) is 1.28. The Morgan fingerprint density at radius 1 is 1.31 bits per heavy atom. The highest BCUT2D eigenvalue weighted by Crippen LogP contribution is 2.25. The number of benzene rings is 1. The molecular formula is C10H10N2O. The van der Waals surface area contributed by atoms with E-state index in [0.717, 1.165) is 11.3 Å². The molecule has 0 aliphatic carbocycles. The Morgan fingerprint density at radius 3 is 2.85 bits per heavy atom. The number of hydrogen-bond donors (Lipinski definition) is 2. The van der Waals surface area contributed by atoms with Crippen LogP contribution in [0, 0.1) is 0 Å². The number of carbonyl (C=O) groups excluding carboxylic acids is 1. The third-order valence-electron chi connectivity index (χ3n) is 2.02. The average Bonchev–Trinajstić information content (AvgIpc) is 2.17. The van der Waals surface area contributed by atoms with Crippen LogP contribution in [0.15, 0.2) is 30.5 Å². The first kappa shape index (κ1) is 7.86. The third-order valence-corrected chi connectivity index (χ3v) is 2.02. The number of nitrogens with one attached hydrogen (secondary N) is 2. The van der Waals surface area contributed by atoms with Crippen LogP contribution in [0.3, 0.4) is 0 Å². The Balaban J connectivity index is 2.53. The molecule has 0 saturated carbocycles. The van der Waals surface area contributed by atoms with E-state index in [1.54, 1.807) is 13.1 Å². The molecule has 0 spiro atoms. The number of hydrogen-bond acceptors (Lipinski definition) is 3. The van der Waals surface area contributed by atoms with Crippen LogP contribution in [0.4, 0.5) is 5.69 Å². The molecule has 0 aromatic heterocycles. The van der Waals surface area contributed by atoms with E-state index in [-0.39, 0.29) is 5.78 Å². The van der Waals surface area contributed by atoms with Gasteiger partial charge in [0, 0.05) is 17.3 Å². The number of rotatable bonds is 1. The normalized spacial score (nSPS) is 13.5. The number of ketones is 1. The lowest BCUT2D eigenvalue weighted by molar-refractivity contribution is -0.111. The number of anilines is 1. The molecular weight excluding hydrogens is 164 g/mol. The molecule has 0 bridgehead atoms. The summed E-state index contributed by atoms with van der Waals surface area (Å²) in [6.07, 6.45) is 1.69.